The van der Waals surface area contributed by atoms with Gasteiger partial charge in [0, 0.05) is 0 Å². The first-order valence-electron chi connectivity index (χ1n) is 6.59. The molecular weight excluding hydrogens is 339 g/mol. The van der Waals surface area contributed by atoms with Gasteiger partial charge in [0.05, 0.1) is 0 Å². The van der Waals surface area contributed by atoms with E-state index in [-0.39, 0.29) is 17.1 Å². The molecule has 0 saturated carbocycles. The van der Waals surface area contributed by atoms with Gasteiger partial charge in [0.15, 0.2) is 0 Å². The van der Waals surface area contributed by atoms with E-state index in [0.29, 0.717) is 6.61 Å². The van der Waals surface area contributed by atoms with Crippen LogP contribution in [0.15, 0.2) is 30.3 Å². The fourth-order valence-electron chi connectivity index (χ4n) is 2.17. The van der Waals surface area contributed by atoms with Gasteiger partial charge in [-0.25, -0.2) is 0 Å². The summed E-state index contributed by atoms with van der Waals surface area (Å²) in [6.07, 6.45) is 0.0378. The summed E-state index contributed by atoms with van der Waals surface area (Å²) in [7, 11) is 0. The van der Waals surface area contributed by atoms with Crippen LogP contribution in [-0.2, 0) is 11.3 Å². The average Bonchev–Trinajstić information content (AvgIpc) is 2.36. The summed E-state index contributed by atoms with van der Waals surface area (Å²) < 4.78 is 23.0. The van der Waals surface area contributed by atoms with Crippen molar-refractivity contribution in [1.82, 2.24) is 4.90 Å². The predicted molar refractivity (Wildman–Crippen MR) is 78.1 cm³/mol. The van der Waals surface area contributed by atoms with Gasteiger partial charge in [0.25, 0.3) is 0 Å². The van der Waals surface area contributed by atoms with Gasteiger partial charge in [-0.15, -0.1) is 0 Å². The zero-order valence-corrected chi connectivity index (χ0v) is 13.9. The number of rotatable bonds is 3. The summed E-state index contributed by atoms with van der Waals surface area (Å²) >= 11 is -2.23. The number of benzene rings is 1. The summed E-state index contributed by atoms with van der Waals surface area (Å²) in [4.78, 5) is 2.31. The van der Waals surface area contributed by atoms with Crippen LogP contribution in [0, 0.1) is 0 Å². The molecule has 3 saturated heterocycles. The van der Waals surface area contributed by atoms with E-state index in [9.17, 15) is 0 Å². The van der Waals surface area contributed by atoms with Crippen LogP contribution in [0.5, 0.6) is 5.75 Å². The molecule has 8 heteroatoms. The predicted octanol–water partition coefficient (Wildman–Crippen LogP) is -0.851. The molecule has 4 rings (SSSR count). The maximum absolute atomic E-state index is 5.94. The van der Waals surface area contributed by atoms with Crippen LogP contribution in [0.4, 0.5) is 0 Å². The Morgan fingerprint density at radius 2 is 1.76 bits per heavy atom. The van der Waals surface area contributed by atoms with E-state index in [1.165, 1.54) is 0 Å². The first-order valence-corrected chi connectivity index (χ1v) is 9.16. The molecular formula is C13H22GeNO6. The Bertz CT molecular complexity index is 372. The molecule has 1 atom stereocenters. The molecule has 1 unspecified atom stereocenters. The van der Waals surface area contributed by atoms with Crippen molar-refractivity contribution < 1.29 is 27.0 Å². The molecule has 3 fully saturated rings. The summed E-state index contributed by atoms with van der Waals surface area (Å²) in [5.74, 6) is 0.875. The molecule has 0 spiro atoms. The van der Waals surface area contributed by atoms with Gasteiger partial charge < -0.3 is 11.0 Å². The van der Waals surface area contributed by atoms with Gasteiger partial charge in [-0.3, -0.25) is 0 Å². The van der Waals surface area contributed by atoms with Gasteiger partial charge in [0.2, 0.25) is 0 Å². The zero-order chi connectivity index (χ0) is 12.9. The van der Waals surface area contributed by atoms with Crippen molar-refractivity contribution in [2.24, 2.45) is 0 Å². The number of hydrogen-bond donors (Lipinski definition) is 0. The van der Waals surface area contributed by atoms with Crippen molar-refractivity contribution in [3.05, 3.63) is 30.3 Å². The third-order valence-corrected chi connectivity index (χ3v) is 6.11. The first-order chi connectivity index (χ1) is 9.40. The van der Waals surface area contributed by atoms with Crippen LogP contribution in [-0.4, -0.2) is 76.8 Å². The van der Waals surface area contributed by atoms with Crippen molar-refractivity contribution in [2.45, 2.75) is 6.10 Å². The van der Waals surface area contributed by atoms with Crippen molar-refractivity contribution in [3.63, 3.8) is 0 Å². The van der Waals surface area contributed by atoms with E-state index in [2.05, 4.69) is 4.90 Å². The summed E-state index contributed by atoms with van der Waals surface area (Å²) in [6, 6.07) is 9.82. The normalized spacial score (nSPS) is 25.7. The van der Waals surface area contributed by atoms with Crippen molar-refractivity contribution in [2.75, 3.05) is 39.5 Å². The third kappa shape index (κ3) is 5.55. The topological polar surface area (TPSA) is 103 Å². The summed E-state index contributed by atoms with van der Waals surface area (Å²) in [5, 5.41) is 0. The summed E-state index contributed by atoms with van der Waals surface area (Å²) in [6.45, 7) is 4.82. The Balaban J connectivity index is 0.00000110. The Morgan fingerprint density at radius 1 is 1.10 bits per heavy atom. The minimum atomic E-state index is -2.23. The van der Waals surface area contributed by atoms with Gasteiger partial charge in [-0.1, -0.05) is 0 Å². The van der Waals surface area contributed by atoms with E-state index in [0.717, 1.165) is 38.6 Å². The molecule has 3 aliphatic heterocycles. The van der Waals surface area contributed by atoms with Crippen LogP contribution < -0.4 is 4.74 Å². The number of ether oxygens (including phenoxy) is 1. The van der Waals surface area contributed by atoms with E-state index in [1.807, 2.05) is 30.3 Å². The van der Waals surface area contributed by atoms with Gasteiger partial charge in [-0.05, 0) is 0 Å². The molecule has 2 bridgehead atoms. The van der Waals surface area contributed by atoms with E-state index in [1.54, 1.807) is 0 Å². The quantitative estimate of drug-likeness (QED) is 0.653. The van der Waals surface area contributed by atoms with Gasteiger partial charge >= 0.3 is 118 Å². The Kier molecular flexibility index (Phi) is 8.19. The van der Waals surface area contributed by atoms with Crippen molar-refractivity contribution in [3.8, 4) is 5.75 Å². The van der Waals surface area contributed by atoms with Crippen LogP contribution in [0.1, 0.15) is 0 Å². The molecule has 3 heterocycles. The molecule has 1 aromatic rings. The van der Waals surface area contributed by atoms with Crippen molar-refractivity contribution in [1.29, 1.82) is 0 Å². The van der Waals surface area contributed by atoms with Crippen LogP contribution in [0.25, 0.3) is 0 Å². The second-order valence-electron chi connectivity index (χ2n) is 4.61. The second kappa shape index (κ2) is 9.36. The fourth-order valence-corrected chi connectivity index (χ4v) is 4.59. The van der Waals surface area contributed by atoms with Crippen LogP contribution >= 0.6 is 0 Å². The number of fused-ring (bicyclic) bond motifs is 6. The minimum absolute atomic E-state index is 0. The fraction of sp³-hybridized carbons (Fsp3) is 0.538. The molecule has 1 aromatic carbocycles. The van der Waals surface area contributed by atoms with E-state index in [4.69, 9.17) is 16.0 Å². The molecule has 7 nitrogen and oxygen atoms in total. The average molecular weight is 361 g/mol. The molecule has 1 radical (unpaired) electrons. The zero-order valence-electron chi connectivity index (χ0n) is 11.8. The van der Waals surface area contributed by atoms with E-state index < -0.39 is 15.4 Å². The second-order valence-corrected chi connectivity index (χ2v) is 7.37. The number of nitrogens with zero attached hydrogens (tertiary/aromatic N) is 1. The molecule has 0 amide bonds. The summed E-state index contributed by atoms with van der Waals surface area (Å²) in [5.41, 5.74) is 0. The van der Waals surface area contributed by atoms with E-state index >= 15 is 0 Å². The molecule has 3 aliphatic rings. The first kappa shape index (κ1) is 18.4. The number of hydrogen-bond acceptors (Lipinski definition) is 5. The Morgan fingerprint density at radius 3 is 2.43 bits per heavy atom. The SMILES string of the molecule is O.O.c1ccc(OCC2CN3CC[O][Ge]([O]CC3)[O]2)cc1. The molecule has 4 N–H and O–H groups in total. The molecule has 0 aliphatic carbocycles. The molecule has 119 valence electrons. The third-order valence-electron chi connectivity index (χ3n) is 3.16. The Labute approximate surface area is 129 Å². The van der Waals surface area contributed by atoms with Crippen LogP contribution in [0.2, 0.25) is 0 Å². The maximum atomic E-state index is 5.94. The van der Waals surface area contributed by atoms with Gasteiger partial charge in [0.1, 0.15) is 0 Å². The van der Waals surface area contributed by atoms with Crippen molar-refractivity contribution >= 4 is 15.4 Å². The Hall–Kier alpha value is -0.677. The monoisotopic (exact) mass is 362 g/mol. The van der Waals surface area contributed by atoms with Gasteiger partial charge in [-0.2, -0.15) is 0 Å². The number of para-hydroxylation sites is 1. The molecule has 0 aromatic heterocycles. The van der Waals surface area contributed by atoms with Crippen LogP contribution in [0.3, 0.4) is 0 Å². The molecule has 21 heavy (non-hydrogen) atoms. The standard InChI is InChI=1S/C13H18GeNO4.2H2O/c1-2-4-12(5-3-1)16-11-13-10-15-6-8-17-14(19-13)18-9-7-15;;/h1-5,13H,6-11H2;2*1H2.